The molecule has 0 spiro atoms. The molecule has 0 N–H and O–H groups in total. The van der Waals surface area contributed by atoms with Gasteiger partial charge in [0.15, 0.2) is 0 Å². The predicted molar refractivity (Wildman–Crippen MR) is 83.2 cm³/mol. The molecule has 2 saturated carbocycles. The molecule has 0 amide bonds. The lowest BCUT2D eigenvalue weighted by atomic mass is 9.83. The maximum atomic E-state index is 11.8. The monoisotopic (exact) mass is 338 g/mol. The van der Waals surface area contributed by atoms with Gasteiger partial charge in [0, 0.05) is 0 Å². The lowest BCUT2D eigenvalue weighted by molar-refractivity contribution is -0.169. The number of carbonyl (C=O) groups excluding carboxylic acids is 2. The number of fused-ring (bicyclic) bond motifs is 2. The number of rotatable bonds is 4. The molecule has 134 valence electrons. The van der Waals surface area contributed by atoms with E-state index in [-0.39, 0.29) is 36.3 Å². The first-order chi connectivity index (χ1) is 11.4. The van der Waals surface area contributed by atoms with Gasteiger partial charge in [-0.3, -0.25) is 0 Å². The Balaban J connectivity index is 1.15. The van der Waals surface area contributed by atoms with Crippen LogP contribution in [0.15, 0.2) is 0 Å². The summed E-state index contributed by atoms with van der Waals surface area (Å²) in [5.74, 6) is -1.19. The van der Waals surface area contributed by atoms with E-state index in [9.17, 15) is 9.59 Å². The average Bonchev–Trinajstić information content (AvgIpc) is 3.42. The fourth-order valence-electron chi connectivity index (χ4n) is 4.42. The molecule has 2 heterocycles. The average molecular weight is 338 g/mol. The van der Waals surface area contributed by atoms with Gasteiger partial charge in [0.1, 0.15) is 0 Å². The van der Waals surface area contributed by atoms with Crippen LogP contribution in [0.1, 0.15) is 52.4 Å². The molecule has 4 rings (SSSR count). The van der Waals surface area contributed by atoms with E-state index in [0.29, 0.717) is 12.2 Å². The zero-order chi connectivity index (χ0) is 16.9. The van der Waals surface area contributed by atoms with E-state index in [0.717, 1.165) is 38.5 Å². The molecule has 0 radical (unpaired) electrons. The van der Waals surface area contributed by atoms with Gasteiger partial charge in [-0.1, -0.05) is 0 Å². The summed E-state index contributed by atoms with van der Waals surface area (Å²) in [6.07, 6.45) is 6.41. The van der Waals surface area contributed by atoms with E-state index in [1.807, 2.05) is 0 Å². The standard InChI is InChI=1S/C18H26O6/c1-17-6-5-11(7-14(17)24-17)9-21-15(19)16(20)22-10-12-3-4-13-18(2,8-12)23-13/h11-14H,3-10H2,1-2H3. The minimum atomic E-state index is -0.873. The summed E-state index contributed by atoms with van der Waals surface area (Å²) in [6, 6.07) is 0. The molecule has 6 atom stereocenters. The molecule has 0 aromatic heterocycles. The van der Waals surface area contributed by atoms with Crippen LogP contribution >= 0.6 is 0 Å². The molecule has 4 aliphatic rings. The third-order valence-corrected chi connectivity index (χ3v) is 6.27. The molecule has 6 heteroatoms. The normalized spacial score (nSPS) is 45.6. The maximum absolute atomic E-state index is 11.8. The molecular formula is C18H26O6. The van der Waals surface area contributed by atoms with Crippen LogP contribution in [0.25, 0.3) is 0 Å². The zero-order valence-electron chi connectivity index (χ0n) is 14.4. The van der Waals surface area contributed by atoms with Gasteiger partial charge in [0.05, 0.1) is 36.6 Å². The smallest absolute Gasteiger partial charge is 0.417 e. The van der Waals surface area contributed by atoms with Crippen LogP contribution in [0, 0.1) is 11.8 Å². The Hall–Kier alpha value is -1.14. The second kappa shape index (κ2) is 5.70. The number of hydrogen-bond acceptors (Lipinski definition) is 6. The Morgan fingerprint density at radius 1 is 0.917 bits per heavy atom. The maximum Gasteiger partial charge on any atom is 0.417 e. The van der Waals surface area contributed by atoms with E-state index in [1.165, 1.54) is 0 Å². The molecule has 0 aromatic rings. The van der Waals surface area contributed by atoms with E-state index in [1.54, 1.807) is 0 Å². The predicted octanol–water partition coefficient (Wildman–Crippen LogP) is 1.99. The van der Waals surface area contributed by atoms with Gasteiger partial charge in [0.2, 0.25) is 0 Å². The van der Waals surface area contributed by atoms with Crippen molar-refractivity contribution >= 4 is 11.9 Å². The SMILES string of the molecule is CC12CCC(COC(=O)C(=O)OCC3CCC4OC4(C)C3)CC1O2. The van der Waals surface area contributed by atoms with Crippen molar-refractivity contribution in [2.75, 3.05) is 13.2 Å². The Bertz CT molecular complexity index is 548. The van der Waals surface area contributed by atoms with Crippen LogP contribution in [-0.2, 0) is 28.5 Å². The molecule has 24 heavy (non-hydrogen) atoms. The largest absolute Gasteiger partial charge is 0.457 e. The summed E-state index contributed by atoms with van der Waals surface area (Å²) in [6.45, 7) is 4.77. The van der Waals surface area contributed by atoms with Crippen molar-refractivity contribution in [3.63, 3.8) is 0 Å². The van der Waals surface area contributed by atoms with E-state index >= 15 is 0 Å². The highest BCUT2D eigenvalue weighted by Gasteiger charge is 2.56. The molecule has 0 bridgehead atoms. The van der Waals surface area contributed by atoms with Crippen LogP contribution in [0.2, 0.25) is 0 Å². The van der Waals surface area contributed by atoms with Crippen LogP contribution < -0.4 is 0 Å². The van der Waals surface area contributed by atoms with E-state index in [2.05, 4.69) is 13.8 Å². The van der Waals surface area contributed by atoms with Gasteiger partial charge in [-0.15, -0.1) is 0 Å². The third kappa shape index (κ3) is 3.18. The van der Waals surface area contributed by atoms with E-state index in [4.69, 9.17) is 18.9 Å². The summed E-state index contributed by atoms with van der Waals surface area (Å²) >= 11 is 0. The van der Waals surface area contributed by atoms with Crippen LogP contribution in [0.3, 0.4) is 0 Å². The minimum Gasteiger partial charge on any atom is -0.457 e. The van der Waals surface area contributed by atoms with Crippen molar-refractivity contribution in [2.24, 2.45) is 11.8 Å². The van der Waals surface area contributed by atoms with Gasteiger partial charge in [-0.05, 0) is 64.2 Å². The van der Waals surface area contributed by atoms with Gasteiger partial charge in [0.25, 0.3) is 0 Å². The second-order valence-corrected chi connectivity index (χ2v) is 8.32. The highest BCUT2D eigenvalue weighted by Crippen LogP contribution is 2.50. The Labute approximate surface area is 142 Å². The van der Waals surface area contributed by atoms with Gasteiger partial charge in [-0.2, -0.15) is 0 Å². The molecule has 6 unspecified atom stereocenters. The fraction of sp³-hybridized carbons (Fsp3) is 0.889. The summed E-state index contributed by atoms with van der Waals surface area (Å²) in [7, 11) is 0. The van der Waals surface area contributed by atoms with Crippen LogP contribution in [0.4, 0.5) is 0 Å². The first-order valence-corrected chi connectivity index (χ1v) is 9.07. The molecular weight excluding hydrogens is 312 g/mol. The molecule has 2 saturated heterocycles. The van der Waals surface area contributed by atoms with Crippen LogP contribution in [0.5, 0.6) is 0 Å². The summed E-state index contributed by atoms with van der Waals surface area (Å²) in [5.41, 5.74) is 0.0244. The van der Waals surface area contributed by atoms with Crippen molar-refractivity contribution in [3.8, 4) is 0 Å². The Morgan fingerprint density at radius 2 is 1.58 bits per heavy atom. The lowest BCUT2D eigenvalue weighted by Gasteiger charge is -2.23. The molecule has 2 aliphatic heterocycles. The molecule has 4 fully saturated rings. The number of hydrogen-bond donors (Lipinski definition) is 0. The zero-order valence-corrected chi connectivity index (χ0v) is 14.4. The van der Waals surface area contributed by atoms with Crippen molar-refractivity contribution in [2.45, 2.75) is 75.8 Å². The van der Waals surface area contributed by atoms with Crippen molar-refractivity contribution < 1.29 is 28.5 Å². The first kappa shape index (κ1) is 16.3. The number of esters is 2. The van der Waals surface area contributed by atoms with Gasteiger partial charge < -0.3 is 18.9 Å². The Kier molecular flexibility index (Phi) is 3.88. The number of carbonyl (C=O) groups is 2. The summed E-state index contributed by atoms with van der Waals surface area (Å²) in [4.78, 5) is 23.6. The molecule has 0 aromatic carbocycles. The van der Waals surface area contributed by atoms with E-state index < -0.39 is 11.9 Å². The van der Waals surface area contributed by atoms with Crippen molar-refractivity contribution in [1.29, 1.82) is 0 Å². The lowest BCUT2D eigenvalue weighted by Crippen LogP contribution is -2.30. The Morgan fingerprint density at radius 3 is 2.25 bits per heavy atom. The quantitative estimate of drug-likeness (QED) is 0.443. The molecule has 2 aliphatic carbocycles. The highest BCUT2D eigenvalue weighted by molar-refractivity contribution is 6.29. The fourth-order valence-corrected chi connectivity index (χ4v) is 4.42. The topological polar surface area (TPSA) is 77.7 Å². The number of epoxide rings is 2. The van der Waals surface area contributed by atoms with Gasteiger partial charge >= 0.3 is 11.9 Å². The minimum absolute atomic E-state index is 0.0316. The molecule has 6 nitrogen and oxygen atoms in total. The highest BCUT2D eigenvalue weighted by atomic mass is 16.6. The van der Waals surface area contributed by atoms with Gasteiger partial charge in [-0.25, -0.2) is 9.59 Å². The second-order valence-electron chi connectivity index (χ2n) is 8.32. The summed E-state index contributed by atoms with van der Waals surface area (Å²) < 4.78 is 21.6. The third-order valence-electron chi connectivity index (χ3n) is 6.27. The van der Waals surface area contributed by atoms with Crippen molar-refractivity contribution in [1.82, 2.24) is 0 Å². The number of ether oxygens (including phenoxy) is 4. The first-order valence-electron chi connectivity index (χ1n) is 9.07. The summed E-state index contributed by atoms with van der Waals surface area (Å²) in [5, 5.41) is 0. The van der Waals surface area contributed by atoms with Crippen LogP contribution in [-0.4, -0.2) is 48.6 Å². The van der Waals surface area contributed by atoms with Crippen molar-refractivity contribution in [3.05, 3.63) is 0 Å².